The molecular formula is C20H27NO4. The number of methoxy groups -OCH3 is 2. The van der Waals surface area contributed by atoms with Gasteiger partial charge in [-0.2, -0.15) is 0 Å². The summed E-state index contributed by atoms with van der Waals surface area (Å²) in [4.78, 5) is 2.37. The quantitative estimate of drug-likeness (QED) is 0.728. The fraction of sp³-hybridized carbons (Fsp3) is 0.500. The molecule has 0 spiro atoms. The molecule has 1 aliphatic rings. The van der Waals surface area contributed by atoms with Crippen LogP contribution in [0.2, 0.25) is 0 Å². The molecule has 2 aromatic rings. The fourth-order valence-corrected chi connectivity index (χ4v) is 3.29. The van der Waals surface area contributed by atoms with Crippen molar-refractivity contribution in [2.45, 2.75) is 39.0 Å². The van der Waals surface area contributed by atoms with Crippen LogP contribution in [0.3, 0.4) is 0 Å². The van der Waals surface area contributed by atoms with E-state index < -0.39 is 0 Å². The number of ether oxygens (including phenoxy) is 3. The lowest BCUT2D eigenvalue weighted by Crippen LogP contribution is -2.31. The zero-order valence-electron chi connectivity index (χ0n) is 15.3. The number of aryl methyl sites for hydroxylation is 1. The molecule has 0 amide bonds. The Morgan fingerprint density at radius 1 is 1.08 bits per heavy atom. The first-order valence-electron chi connectivity index (χ1n) is 8.78. The average molecular weight is 345 g/mol. The minimum atomic E-state index is 0.302. The first-order valence-corrected chi connectivity index (χ1v) is 8.78. The van der Waals surface area contributed by atoms with E-state index in [-0.39, 0.29) is 0 Å². The van der Waals surface area contributed by atoms with Crippen molar-refractivity contribution >= 4 is 0 Å². The Morgan fingerprint density at radius 2 is 1.92 bits per heavy atom. The van der Waals surface area contributed by atoms with Crippen LogP contribution in [0, 0.1) is 6.92 Å². The molecule has 1 aromatic heterocycles. The molecule has 1 aliphatic heterocycles. The van der Waals surface area contributed by atoms with Crippen molar-refractivity contribution in [3.8, 4) is 11.5 Å². The van der Waals surface area contributed by atoms with E-state index in [1.165, 1.54) is 5.56 Å². The van der Waals surface area contributed by atoms with Crippen LogP contribution in [0.15, 0.2) is 34.7 Å². The van der Waals surface area contributed by atoms with Crippen LogP contribution in [0.4, 0.5) is 0 Å². The highest BCUT2D eigenvalue weighted by molar-refractivity contribution is 5.42. The summed E-state index contributed by atoms with van der Waals surface area (Å²) >= 11 is 0. The summed E-state index contributed by atoms with van der Waals surface area (Å²) in [6.45, 7) is 5.31. The minimum Gasteiger partial charge on any atom is -0.493 e. The predicted molar refractivity (Wildman–Crippen MR) is 96.1 cm³/mol. The molecule has 1 saturated heterocycles. The maximum Gasteiger partial charge on any atom is 0.161 e. The lowest BCUT2D eigenvalue weighted by atomic mass is 10.1. The van der Waals surface area contributed by atoms with Crippen molar-refractivity contribution in [3.63, 3.8) is 0 Å². The summed E-state index contributed by atoms with van der Waals surface area (Å²) in [5, 5.41) is 0. The maximum atomic E-state index is 5.83. The highest BCUT2D eigenvalue weighted by atomic mass is 16.5. The average Bonchev–Trinajstić information content (AvgIpc) is 3.26. The molecule has 1 fully saturated rings. The Hall–Kier alpha value is -1.98. The van der Waals surface area contributed by atoms with Gasteiger partial charge in [-0.15, -0.1) is 0 Å². The molecule has 0 aliphatic carbocycles. The van der Waals surface area contributed by atoms with Gasteiger partial charge in [0.2, 0.25) is 0 Å². The van der Waals surface area contributed by atoms with Crippen molar-refractivity contribution in [3.05, 3.63) is 47.4 Å². The molecule has 1 unspecified atom stereocenters. The van der Waals surface area contributed by atoms with Gasteiger partial charge in [0.05, 0.1) is 26.9 Å². The standard InChI is InChI=1S/C20H27NO4/c1-15-6-8-18(25-15)14-21(13-17-5-4-10-24-17)12-16-7-9-19(22-2)20(11-16)23-3/h6-9,11,17H,4-5,10,12-14H2,1-3H3. The zero-order valence-corrected chi connectivity index (χ0v) is 15.3. The second-order valence-corrected chi connectivity index (χ2v) is 6.51. The van der Waals surface area contributed by atoms with Crippen LogP contribution in [-0.2, 0) is 17.8 Å². The van der Waals surface area contributed by atoms with Gasteiger partial charge in [-0.25, -0.2) is 0 Å². The molecule has 0 radical (unpaired) electrons. The van der Waals surface area contributed by atoms with Crippen LogP contribution in [0.25, 0.3) is 0 Å². The Morgan fingerprint density at radius 3 is 2.56 bits per heavy atom. The van der Waals surface area contributed by atoms with Gasteiger partial charge in [0, 0.05) is 19.7 Å². The molecule has 2 heterocycles. The fourth-order valence-electron chi connectivity index (χ4n) is 3.29. The number of benzene rings is 1. The monoisotopic (exact) mass is 345 g/mol. The molecule has 5 nitrogen and oxygen atoms in total. The van der Waals surface area contributed by atoms with Gasteiger partial charge < -0.3 is 18.6 Å². The molecule has 0 bridgehead atoms. The molecular weight excluding hydrogens is 318 g/mol. The maximum absolute atomic E-state index is 5.83. The van der Waals surface area contributed by atoms with E-state index in [1.807, 2.05) is 31.2 Å². The Balaban J connectivity index is 1.73. The summed E-state index contributed by atoms with van der Waals surface area (Å²) < 4.78 is 22.4. The summed E-state index contributed by atoms with van der Waals surface area (Å²) in [7, 11) is 3.32. The second-order valence-electron chi connectivity index (χ2n) is 6.51. The van der Waals surface area contributed by atoms with Crippen LogP contribution < -0.4 is 9.47 Å². The topological polar surface area (TPSA) is 44.1 Å². The zero-order chi connectivity index (χ0) is 17.6. The van der Waals surface area contributed by atoms with Crippen LogP contribution in [0.5, 0.6) is 11.5 Å². The van der Waals surface area contributed by atoms with E-state index in [0.29, 0.717) is 6.10 Å². The number of furan rings is 1. The second kappa shape index (κ2) is 8.41. The molecule has 1 atom stereocenters. The first kappa shape index (κ1) is 17.8. The number of nitrogens with zero attached hydrogens (tertiary/aromatic N) is 1. The summed E-state index contributed by atoms with van der Waals surface area (Å²) in [5.41, 5.74) is 1.18. The van der Waals surface area contributed by atoms with Crippen LogP contribution >= 0.6 is 0 Å². The molecule has 1 aromatic carbocycles. The van der Waals surface area contributed by atoms with E-state index in [1.54, 1.807) is 14.2 Å². The SMILES string of the molecule is COc1ccc(CN(Cc2ccc(C)o2)CC2CCCO2)cc1OC. The number of hydrogen-bond donors (Lipinski definition) is 0. The van der Waals surface area contributed by atoms with Crippen LogP contribution in [-0.4, -0.2) is 38.4 Å². The third-order valence-corrected chi connectivity index (χ3v) is 4.52. The Bertz CT molecular complexity index is 676. The van der Waals surface area contributed by atoms with Gasteiger partial charge >= 0.3 is 0 Å². The molecule has 3 rings (SSSR count). The Labute approximate surface area is 149 Å². The highest BCUT2D eigenvalue weighted by Crippen LogP contribution is 2.28. The van der Waals surface area contributed by atoms with Gasteiger partial charge in [-0.3, -0.25) is 4.90 Å². The van der Waals surface area contributed by atoms with Crippen LogP contribution in [0.1, 0.15) is 29.9 Å². The van der Waals surface area contributed by atoms with Gasteiger partial charge in [0.1, 0.15) is 11.5 Å². The van der Waals surface area contributed by atoms with E-state index in [4.69, 9.17) is 18.6 Å². The smallest absolute Gasteiger partial charge is 0.161 e. The lowest BCUT2D eigenvalue weighted by molar-refractivity contribution is 0.0654. The normalized spacial score (nSPS) is 17.2. The van der Waals surface area contributed by atoms with E-state index in [9.17, 15) is 0 Å². The molecule has 136 valence electrons. The third-order valence-electron chi connectivity index (χ3n) is 4.52. The summed E-state index contributed by atoms with van der Waals surface area (Å²) in [5.74, 6) is 3.43. The summed E-state index contributed by atoms with van der Waals surface area (Å²) in [6, 6.07) is 10.1. The highest BCUT2D eigenvalue weighted by Gasteiger charge is 2.20. The molecule has 0 N–H and O–H groups in total. The largest absolute Gasteiger partial charge is 0.493 e. The predicted octanol–water partition coefficient (Wildman–Crippen LogP) is 3.79. The van der Waals surface area contributed by atoms with E-state index >= 15 is 0 Å². The van der Waals surface area contributed by atoms with E-state index in [0.717, 1.165) is 62.1 Å². The van der Waals surface area contributed by atoms with E-state index in [2.05, 4.69) is 11.0 Å². The third kappa shape index (κ3) is 4.77. The Kier molecular flexibility index (Phi) is 6.00. The van der Waals surface area contributed by atoms with Crippen molar-refractivity contribution in [1.29, 1.82) is 0 Å². The van der Waals surface area contributed by atoms with Crippen molar-refractivity contribution in [1.82, 2.24) is 4.90 Å². The summed E-state index contributed by atoms with van der Waals surface area (Å²) in [6.07, 6.45) is 2.57. The molecule has 25 heavy (non-hydrogen) atoms. The lowest BCUT2D eigenvalue weighted by Gasteiger charge is -2.24. The van der Waals surface area contributed by atoms with Gasteiger partial charge in [0.25, 0.3) is 0 Å². The minimum absolute atomic E-state index is 0.302. The first-order chi connectivity index (χ1) is 12.2. The van der Waals surface area contributed by atoms with Crippen molar-refractivity contribution in [2.75, 3.05) is 27.4 Å². The molecule has 0 saturated carbocycles. The van der Waals surface area contributed by atoms with Gasteiger partial charge in [-0.1, -0.05) is 6.07 Å². The van der Waals surface area contributed by atoms with Gasteiger partial charge in [0.15, 0.2) is 11.5 Å². The molecule has 5 heteroatoms. The van der Waals surface area contributed by atoms with Gasteiger partial charge in [-0.05, 0) is 49.6 Å². The van der Waals surface area contributed by atoms with Crippen molar-refractivity contribution < 1.29 is 18.6 Å². The number of hydrogen-bond acceptors (Lipinski definition) is 5. The number of rotatable bonds is 8. The van der Waals surface area contributed by atoms with Crippen molar-refractivity contribution in [2.24, 2.45) is 0 Å².